The summed E-state index contributed by atoms with van der Waals surface area (Å²) >= 11 is 7.42. The summed E-state index contributed by atoms with van der Waals surface area (Å²) in [5.41, 5.74) is 0. The summed E-state index contributed by atoms with van der Waals surface area (Å²) in [6.07, 6.45) is 4.01. The lowest BCUT2D eigenvalue weighted by Gasteiger charge is -2.07. The number of halogens is 1. The molecule has 0 aliphatic carbocycles. The van der Waals surface area contributed by atoms with E-state index in [1.54, 1.807) is 18.1 Å². The zero-order chi connectivity index (χ0) is 10.4. The Morgan fingerprint density at radius 2 is 2.36 bits per heavy atom. The zero-order valence-electron chi connectivity index (χ0n) is 8.61. The molecule has 0 aliphatic heterocycles. The van der Waals surface area contributed by atoms with Crippen LogP contribution in [0.4, 0.5) is 0 Å². The van der Waals surface area contributed by atoms with Crippen molar-refractivity contribution in [2.45, 2.75) is 24.9 Å². The molecule has 0 N–H and O–H groups in total. The molecule has 0 saturated heterocycles. The highest BCUT2D eigenvalue weighted by Crippen LogP contribution is 2.18. The van der Waals surface area contributed by atoms with Gasteiger partial charge in [0, 0.05) is 18.7 Å². The van der Waals surface area contributed by atoms with Crippen molar-refractivity contribution in [1.29, 1.82) is 0 Å². The Kier molecular flexibility index (Phi) is 5.33. The van der Waals surface area contributed by atoms with Gasteiger partial charge in [0.25, 0.3) is 0 Å². The van der Waals surface area contributed by atoms with E-state index in [1.165, 1.54) is 6.42 Å². The molecule has 1 rings (SSSR count). The highest BCUT2D eigenvalue weighted by atomic mass is 35.5. The topological polar surface area (TPSA) is 30.7 Å². The van der Waals surface area contributed by atoms with Gasteiger partial charge in [0.2, 0.25) is 0 Å². The number of rotatable bonds is 6. The number of aromatic nitrogens is 3. The summed E-state index contributed by atoms with van der Waals surface area (Å²) < 4.78 is 1.94. The van der Waals surface area contributed by atoms with E-state index in [4.69, 9.17) is 11.6 Å². The minimum atomic E-state index is 0.702. The van der Waals surface area contributed by atoms with Crippen LogP contribution in [0.5, 0.6) is 0 Å². The molecule has 1 heterocycles. The van der Waals surface area contributed by atoms with E-state index in [9.17, 15) is 0 Å². The minimum absolute atomic E-state index is 0.702. The Hall–Kier alpha value is -0.220. The quantitative estimate of drug-likeness (QED) is 0.559. The van der Waals surface area contributed by atoms with Gasteiger partial charge < -0.3 is 4.57 Å². The summed E-state index contributed by atoms with van der Waals surface area (Å²) in [7, 11) is 1.96. The molecular formula is C9H16ClN3S. The summed E-state index contributed by atoms with van der Waals surface area (Å²) in [5.74, 6) is 2.55. The first-order valence-corrected chi connectivity index (χ1v) is 6.28. The molecule has 1 aromatic heterocycles. The lowest BCUT2D eigenvalue weighted by atomic mass is 10.1. The Labute approximate surface area is 94.2 Å². The number of aryl methyl sites for hydroxylation is 1. The maximum atomic E-state index is 5.67. The number of hydrogen-bond acceptors (Lipinski definition) is 3. The van der Waals surface area contributed by atoms with Gasteiger partial charge in [-0.05, 0) is 18.8 Å². The SMILES string of the molecule is CC(CCCl)CCSc1nncn1C. The summed E-state index contributed by atoms with van der Waals surface area (Å²) in [5, 5.41) is 8.82. The van der Waals surface area contributed by atoms with Crippen molar-refractivity contribution >= 4 is 23.4 Å². The second-order valence-electron chi connectivity index (χ2n) is 3.44. The van der Waals surface area contributed by atoms with Crippen molar-refractivity contribution in [2.24, 2.45) is 13.0 Å². The van der Waals surface area contributed by atoms with Gasteiger partial charge in [-0.25, -0.2) is 0 Å². The van der Waals surface area contributed by atoms with Crippen LogP contribution in [0.2, 0.25) is 0 Å². The molecule has 0 radical (unpaired) electrons. The van der Waals surface area contributed by atoms with Crippen LogP contribution in [0.25, 0.3) is 0 Å². The summed E-state index contributed by atoms with van der Waals surface area (Å²) in [6, 6.07) is 0. The molecule has 14 heavy (non-hydrogen) atoms. The van der Waals surface area contributed by atoms with E-state index in [0.29, 0.717) is 5.92 Å². The molecule has 80 valence electrons. The maximum absolute atomic E-state index is 5.67. The van der Waals surface area contributed by atoms with Crippen molar-refractivity contribution in [1.82, 2.24) is 14.8 Å². The standard InChI is InChI=1S/C9H16ClN3S/c1-8(3-5-10)4-6-14-9-12-11-7-13(9)2/h7-8H,3-6H2,1-2H3. The Balaban J connectivity index is 2.19. The van der Waals surface area contributed by atoms with Crippen LogP contribution < -0.4 is 0 Å². The van der Waals surface area contributed by atoms with Crippen LogP contribution in [0, 0.1) is 5.92 Å². The molecule has 0 amide bonds. The van der Waals surface area contributed by atoms with Gasteiger partial charge in [-0.3, -0.25) is 0 Å². The first-order chi connectivity index (χ1) is 6.74. The van der Waals surface area contributed by atoms with E-state index in [-0.39, 0.29) is 0 Å². The van der Waals surface area contributed by atoms with Crippen LogP contribution in [-0.2, 0) is 7.05 Å². The fraction of sp³-hybridized carbons (Fsp3) is 0.778. The first kappa shape index (κ1) is 11.9. The zero-order valence-corrected chi connectivity index (χ0v) is 10.2. The fourth-order valence-electron chi connectivity index (χ4n) is 1.09. The van der Waals surface area contributed by atoms with Crippen LogP contribution in [0.3, 0.4) is 0 Å². The molecule has 1 aromatic rings. The molecule has 0 aromatic carbocycles. The Morgan fingerprint density at radius 3 is 2.93 bits per heavy atom. The number of hydrogen-bond donors (Lipinski definition) is 0. The maximum Gasteiger partial charge on any atom is 0.190 e. The highest BCUT2D eigenvalue weighted by molar-refractivity contribution is 7.99. The van der Waals surface area contributed by atoms with Crippen molar-refractivity contribution in [2.75, 3.05) is 11.6 Å². The third-order valence-electron chi connectivity index (χ3n) is 2.11. The number of nitrogens with zero attached hydrogens (tertiary/aromatic N) is 3. The average molecular weight is 234 g/mol. The van der Waals surface area contributed by atoms with Gasteiger partial charge in [0.05, 0.1) is 0 Å². The van der Waals surface area contributed by atoms with Gasteiger partial charge in [-0.15, -0.1) is 21.8 Å². The van der Waals surface area contributed by atoms with E-state index in [1.807, 2.05) is 11.6 Å². The van der Waals surface area contributed by atoms with Gasteiger partial charge in [-0.2, -0.15) is 0 Å². The van der Waals surface area contributed by atoms with Crippen molar-refractivity contribution < 1.29 is 0 Å². The largest absolute Gasteiger partial charge is 0.312 e. The van der Waals surface area contributed by atoms with Gasteiger partial charge in [-0.1, -0.05) is 18.7 Å². The molecule has 5 heteroatoms. The number of thioether (sulfide) groups is 1. The summed E-state index contributed by atoms with van der Waals surface area (Å²) in [6.45, 7) is 2.24. The second kappa shape index (κ2) is 6.30. The fourth-order valence-corrected chi connectivity index (χ4v) is 2.52. The molecule has 0 saturated carbocycles. The third-order valence-corrected chi connectivity index (χ3v) is 3.40. The smallest absolute Gasteiger partial charge is 0.190 e. The third kappa shape index (κ3) is 3.88. The molecule has 1 atom stereocenters. The van der Waals surface area contributed by atoms with Gasteiger partial charge in [0.15, 0.2) is 5.16 Å². The molecule has 0 spiro atoms. The Bertz CT molecular complexity index is 264. The van der Waals surface area contributed by atoms with Gasteiger partial charge in [0.1, 0.15) is 6.33 Å². The molecular weight excluding hydrogens is 218 g/mol. The van der Waals surface area contributed by atoms with E-state index < -0.39 is 0 Å². The van der Waals surface area contributed by atoms with E-state index in [0.717, 1.165) is 23.2 Å². The van der Waals surface area contributed by atoms with Crippen molar-refractivity contribution in [3.8, 4) is 0 Å². The second-order valence-corrected chi connectivity index (χ2v) is 4.88. The Morgan fingerprint density at radius 1 is 1.57 bits per heavy atom. The molecule has 1 unspecified atom stereocenters. The lowest BCUT2D eigenvalue weighted by Crippen LogP contribution is -1.98. The van der Waals surface area contributed by atoms with E-state index >= 15 is 0 Å². The number of alkyl halides is 1. The normalized spacial score (nSPS) is 13.1. The molecule has 3 nitrogen and oxygen atoms in total. The van der Waals surface area contributed by atoms with Crippen LogP contribution >= 0.6 is 23.4 Å². The van der Waals surface area contributed by atoms with Crippen LogP contribution in [0.1, 0.15) is 19.8 Å². The predicted molar refractivity (Wildman–Crippen MR) is 60.8 cm³/mol. The van der Waals surface area contributed by atoms with Crippen LogP contribution in [-0.4, -0.2) is 26.4 Å². The van der Waals surface area contributed by atoms with Crippen molar-refractivity contribution in [3.05, 3.63) is 6.33 Å². The molecule has 0 bridgehead atoms. The van der Waals surface area contributed by atoms with Gasteiger partial charge >= 0.3 is 0 Å². The first-order valence-electron chi connectivity index (χ1n) is 4.76. The minimum Gasteiger partial charge on any atom is -0.312 e. The van der Waals surface area contributed by atoms with Crippen molar-refractivity contribution in [3.63, 3.8) is 0 Å². The highest BCUT2D eigenvalue weighted by Gasteiger charge is 2.04. The lowest BCUT2D eigenvalue weighted by molar-refractivity contribution is 0.551. The molecule has 0 fully saturated rings. The van der Waals surface area contributed by atoms with Crippen LogP contribution in [0.15, 0.2) is 11.5 Å². The average Bonchev–Trinajstić information content (AvgIpc) is 2.52. The summed E-state index contributed by atoms with van der Waals surface area (Å²) in [4.78, 5) is 0. The monoisotopic (exact) mass is 233 g/mol. The molecule has 0 aliphatic rings. The predicted octanol–water partition coefficient (Wildman–Crippen LogP) is 2.56. The van der Waals surface area contributed by atoms with E-state index in [2.05, 4.69) is 17.1 Å².